The Morgan fingerprint density at radius 2 is 1.18 bits per heavy atom. The predicted octanol–water partition coefficient (Wildman–Crippen LogP) is 4.71. The van der Waals surface area contributed by atoms with Crippen molar-refractivity contribution in [3.05, 3.63) is 0 Å². The number of rotatable bonds is 3. The van der Waals surface area contributed by atoms with E-state index in [1.54, 1.807) is 0 Å². The van der Waals surface area contributed by atoms with Crippen molar-refractivity contribution in [3.8, 4) is 0 Å². The van der Waals surface area contributed by atoms with Gasteiger partial charge < -0.3 is 0 Å². The van der Waals surface area contributed by atoms with E-state index in [1.807, 2.05) is 0 Å². The summed E-state index contributed by atoms with van der Waals surface area (Å²) < 4.78 is 0. The number of nitrogens with zero attached hydrogens (tertiary/aromatic N) is 1. The quantitative estimate of drug-likeness (QED) is 0.689. The zero-order chi connectivity index (χ0) is 13.1. The maximum absolute atomic E-state index is 2.78. The monoisotopic (exact) mass is 239 g/mol. The molecule has 0 unspecified atom stereocenters. The van der Waals surface area contributed by atoms with E-state index in [-0.39, 0.29) is 0 Å². The molecule has 1 heteroatoms. The molecule has 0 aromatic rings. The fraction of sp³-hybridized carbons (Fsp3) is 1.00. The highest BCUT2D eigenvalue weighted by Crippen LogP contribution is 2.29. The SMILES string of the molecule is CC(C)(C)CN(CC(C)(C)C)C1CCCCC1. The molecule has 0 radical (unpaired) electrons. The summed E-state index contributed by atoms with van der Waals surface area (Å²) in [4.78, 5) is 2.78. The van der Waals surface area contributed by atoms with Gasteiger partial charge >= 0.3 is 0 Å². The van der Waals surface area contributed by atoms with E-state index in [0.717, 1.165) is 6.04 Å². The van der Waals surface area contributed by atoms with Crippen LogP contribution in [0.1, 0.15) is 73.6 Å². The van der Waals surface area contributed by atoms with Gasteiger partial charge in [-0.15, -0.1) is 0 Å². The van der Waals surface area contributed by atoms with E-state index in [0.29, 0.717) is 10.8 Å². The summed E-state index contributed by atoms with van der Waals surface area (Å²) in [6.07, 6.45) is 7.18. The summed E-state index contributed by atoms with van der Waals surface area (Å²) in [5.41, 5.74) is 0.839. The Bertz CT molecular complexity index is 197. The van der Waals surface area contributed by atoms with Gasteiger partial charge in [-0.25, -0.2) is 0 Å². The Morgan fingerprint density at radius 1 is 0.765 bits per heavy atom. The van der Waals surface area contributed by atoms with Crippen molar-refractivity contribution in [2.45, 2.75) is 79.7 Å². The van der Waals surface area contributed by atoms with Crippen LogP contribution in [-0.2, 0) is 0 Å². The van der Waals surface area contributed by atoms with Crippen molar-refractivity contribution >= 4 is 0 Å². The van der Waals surface area contributed by atoms with Crippen LogP contribution in [0.25, 0.3) is 0 Å². The zero-order valence-corrected chi connectivity index (χ0v) is 13.0. The molecule has 17 heavy (non-hydrogen) atoms. The molecule has 0 saturated heterocycles. The van der Waals surface area contributed by atoms with E-state index >= 15 is 0 Å². The lowest BCUT2D eigenvalue weighted by Crippen LogP contribution is -2.45. The van der Waals surface area contributed by atoms with Gasteiger partial charge in [0.05, 0.1) is 0 Å². The molecule has 0 atom stereocenters. The molecule has 0 bridgehead atoms. The Morgan fingerprint density at radius 3 is 1.53 bits per heavy atom. The van der Waals surface area contributed by atoms with Crippen LogP contribution in [0.5, 0.6) is 0 Å². The summed E-state index contributed by atoms with van der Waals surface area (Å²) in [6.45, 7) is 16.7. The first kappa shape index (κ1) is 15.0. The Labute approximate surface area is 109 Å². The topological polar surface area (TPSA) is 3.24 Å². The second-order valence-electron chi connectivity index (χ2n) is 8.32. The van der Waals surface area contributed by atoms with E-state index < -0.39 is 0 Å². The van der Waals surface area contributed by atoms with Gasteiger partial charge in [0.2, 0.25) is 0 Å². The van der Waals surface area contributed by atoms with Gasteiger partial charge in [0.1, 0.15) is 0 Å². The molecule has 0 aromatic heterocycles. The lowest BCUT2D eigenvalue weighted by molar-refractivity contribution is 0.0760. The van der Waals surface area contributed by atoms with Crippen LogP contribution in [0.15, 0.2) is 0 Å². The summed E-state index contributed by atoms with van der Waals surface area (Å²) in [7, 11) is 0. The first-order chi connectivity index (χ1) is 7.67. The van der Waals surface area contributed by atoms with Gasteiger partial charge in [-0.1, -0.05) is 60.8 Å². The van der Waals surface area contributed by atoms with Crippen molar-refractivity contribution < 1.29 is 0 Å². The lowest BCUT2D eigenvalue weighted by Gasteiger charge is -2.41. The number of hydrogen-bond donors (Lipinski definition) is 0. The van der Waals surface area contributed by atoms with Crippen LogP contribution in [0.3, 0.4) is 0 Å². The third-order valence-corrected chi connectivity index (χ3v) is 3.45. The van der Waals surface area contributed by atoms with E-state index in [2.05, 4.69) is 46.4 Å². The molecule has 0 N–H and O–H groups in total. The highest BCUT2D eigenvalue weighted by Gasteiger charge is 2.28. The largest absolute Gasteiger partial charge is 0.299 e. The third kappa shape index (κ3) is 6.45. The van der Waals surface area contributed by atoms with Gasteiger partial charge in [0.25, 0.3) is 0 Å². The van der Waals surface area contributed by atoms with Crippen LogP contribution >= 0.6 is 0 Å². The minimum atomic E-state index is 0.419. The maximum atomic E-state index is 2.78. The summed E-state index contributed by atoms with van der Waals surface area (Å²) in [5.74, 6) is 0. The van der Waals surface area contributed by atoms with Crippen LogP contribution in [0.4, 0.5) is 0 Å². The highest BCUT2D eigenvalue weighted by molar-refractivity contribution is 4.82. The first-order valence-electron chi connectivity index (χ1n) is 7.41. The first-order valence-corrected chi connectivity index (χ1v) is 7.41. The van der Waals surface area contributed by atoms with E-state index in [4.69, 9.17) is 0 Å². The van der Waals surface area contributed by atoms with Crippen LogP contribution < -0.4 is 0 Å². The van der Waals surface area contributed by atoms with Gasteiger partial charge in [0.15, 0.2) is 0 Å². The van der Waals surface area contributed by atoms with E-state index in [9.17, 15) is 0 Å². The van der Waals surface area contributed by atoms with Crippen molar-refractivity contribution in [2.24, 2.45) is 10.8 Å². The van der Waals surface area contributed by atoms with Gasteiger partial charge in [-0.05, 0) is 23.7 Å². The van der Waals surface area contributed by atoms with Crippen molar-refractivity contribution in [2.75, 3.05) is 13.1 Å². The molecule has 1 rings (SSSR count). The molecule has 0 heterocycles. The molecule has 102 valence electrons. The molecule has 1 saturated carbocycles. The number of hydrogen-bond acceptors (Lipinski definition) is 1. The Hall–Kier alpha value is -0.0400. The van der Waals surface area contributed by atoms with Crippen LogP contribution in [-0.4, -0.2) is 24.0 Å². The van der Waals surface area contributed by atoms with Gasteiger partial charge in [-0.3, -0.25) is 4.90 Å². The summed E-state index contributed by atoms with van der Waals surface area (Å²) in [6, 6.07) is 0.849. The Balaban J connectivity index is 2.63. The smallest absolute Gasteiger partial charge is 0.00957 e. The molecule has 1 fully saturated rings. The molecule has 1 nitrogen and oxygen atoms in total. The molecular weight excluding hydrogens is 206 g/mol. The van der Waals surface area contributed by atoms with Crippen molar-refractivity contribution in [1.82, 2.24) is 4.90 Å². The maximum Gasteiger partial charge on any atom is 0.00957 e. The summed E-state index contributed by atoms with van der Waals surface area (Å²) in [5, 5.41) is 0. The van der Waals surface area contributed by atoms with Crippen molar-refractivity contribution in [1.29, 1.82) is 0 Å². The fourth-order valence-electron chi connectivity index (χ4n) is 2.98. The molecular formula is C16H33N. The van der Waals surface area contributed by atoms with Crippen molar-refractivity contribution in [3.63, 3.8) is 0 Å². The molecule has 0 spiro atoms. The minimum absolute atomic E-state index is 0.419. The molecule has 1 aliphatic rings. The Kier molecular flexibility index (Phi) is 5.07. The molecule has 1 aliphatic carbocycles. The predicted molar refractivity (Wildman–Crippen MR) is 77.4 cm³/mol. The van der Waals surface area contributed by atoms with Crippen LogP contribution in [0, 0.1) is 10.8 Å². The van der Waals surface area contributed by atoms with Crippen LogP contribution in [0.2, 0.25) is 0 Å². The lowest BCUT2D eigenvalue weighted by atomic mass is 9.87. The second kappa shape index (κ2) is 5.73. The summed E-state index contributed by atoms with van der Waals surface area (Å²) >= 11 is 0. The molecule has 0 aromatic carbocycles. The highest BCUT2D eigenvalue weighted by atomic mass is 15.2. The average molecular weight is 239 g/mol. The average Bonchev–Trinajstić information content (AvgIpc) is 2.14. The second-order valence-corrected chi connectivity index (χ2v) is 8.32. The molecule has 0 aliphatic heterocycles. The zero-order valence-electron chi connectivity index (χ0n) is 13.0. The van der Waals surface area contributed by atoms with E-state index in [1.165, 1.54) is 45.2 Å². The normalized spacial score (nSPS) is 19.9. The molecule has 0 amide bonds. The standard InChI is InChI=1S/C16H33N/c1-15(2,3)12-17(13-16(4,5)6)14-10-8-7-9-11-14/h14H,7-13H2,1-6H3. The fourth-order valence-corrected chi connectivity index (χ4v) is 2.98. The third-order valence-electron chi connectivity index (χ3n) is 3.45. The van der Waals surface area contributed by atoms with Gasteiger partial charge in [0, 0.05) is 19.1 Å². The van der Waals surface area contributed by atoms with Gasteiger partial charge in [-0.2, -0.15) is 0 Å². The minimum Gasteiger partial charge on any atom is -0.299 e.